The van der Waals surface area contributed by atoms with Crippen LogP contribution in [0.1, 0.15) is 44.7 Å². The Kier molecular flexibility index (Phi) is 11.8. The van der Waals surface area contributed by atoms with Crippen molar-refractivity contribution in [3.05, 3.63) is 96.2 Å². The van der Waals surface area contributed by atoms with Crippen LogP contribution in [0.3, 0.4) is 0 Å². The molecule has 0 saturated heterocycles. The average molecular weight is 635 g/mol. The third-order valence-electron chi connectivity index (χ3n) is 7.40. The van der Waals surface area contributed by atoms with Gasteiger partial charge in [0.25, 0.3) is 0 Å². The normalized spacial score (nSPS) is 13.1. The van der Waals surface area contributed by atoms with E-state index in [0.29, 0.717) is 18.5 Å². The molecule has 0 saturated carbocycles. The summed E-state index contributed by atoms with van der Waals surface area (Å²) in [5, 5.41) is 15.6. The predicted octanol–water partition coefficient (Wildman–Crippen LogP) is 4.82. The zero-order valence-electron chi connectivity index (χ0n) is 25.9. The minimum atomic E-state index is -4.01. The van der Waals surface area contributed by atoms with Gasteiger partial charge in [-0.25, -0.2) is 13.9 Å². The highest BCUT2D eigenvalue weighted by molar-refractivity contribution is 7.89. The number of hydrogen-bond acceptors (Lipinski definition) is 7. The maximum Gasteiger partial charge on any atom is 0.329 e. The number of para-hydroxylation sites is 1. The lowest BCUT2D eigenvalue weighted by molar-refractivity contribution is -0.138. The number of H-pyrrole nitrogens is 1. The van der Waals surface area contributed by atoms with E-state index < -0.39 is 28.1 Å². The van der Waals surface area contributed by atoms with Gasteiger partial charge in [-0.05, 0) is 66.6 Å². The number of carbonyl (C=O) groups excluding carboxylic acids is 2. The number of rotatable bonds is 16. The van der Waals surface area contributed by atoms with Crippen molar-refractivity contribution in [1.82, 2.24) is 14.6 Å². The number of anilines is 1. The van der Waals surface area contributed by atoms with Crippen molar-refractivity contribution in [3.8, 4) is 0 Å². The van der Waals surface area contributed by atoms with E-state index in [9.17, 15) is 23.1 Å². The molecule has 0 unspecified atom stereocenters. The lowest BCUT2D eigenvalue weighted by Crippen LogP contribution is -2.51. The van der Waals surface area contributed by atoms with Gasteiger partial charge in [-0.15, -0.1) is 0 Å². The van der Waals surface area contributed by atoms with Crippen LogP contribution in [-0.4, -0.2) is 59.9 Å². The Morgan fingerprint density at radius 3 is 2.33 bits per heavy atom. The number of aliphatic hydroxyl groups excluding tert-OH is 1. The molecule has 11 heteroatoms. The molecule has 4 aromatic rings. The largest absolute Gasteiger partial charge is 0.390 e. The van der Waals surface area contributed by atoms with E-state index in [1.165, 1.54) is 35.5 Å². The molecule has 2 atom stereocenters. The zero-order valence-corrected chi connectivity index (χ0v) is 26.7. The summed E-state index contributed by atoms with van der Waals surface area (Å²) in [5.41, 5.74) is 5.98. The highest BCUT2D eigenvalue weighted by atomic mass is 32.2. The maximum atomic E-state index is 13.8. The fourth-order valence-electron chi connectivity index (χ4n) is 5.20. The molecule has 4 N–H and O–H groups in total. The first-order chi connectivity index (χ1) is 21.5. The minimum absolute atomic E-state index is 0.0245. The Morgan fingerprint density at radius 1 is 0.956 bits per heavy atom. The van der Waals surface area contributed by atoms with Crippen molar-refractivity contribution in [2.24, 2.45) is 5.92 Å². The van der Waals surface area contributed by atoms with Gasteiger partial charge in [-0.3, -0.25) is 9.59 Å². The summed E-state index contributed by atoms with van der Waals surface area (Å²) in [6, 6.07) is 22.6. The van der Waals surface area contributed by atoms with E-state index in [2.05, 4.69) is 21.8 Å². The summed E-state index contributed by atoms with van der Waals surface area (Å²) in [5.74, 6) is -0.761. The van der Waals surface area contributed by atoms with Gasteiger partial charge in [0.2, 0.25) is 15.9 Å². The Morgan fingerprint density at radius 2 is 1.64 bits per heavy atom. The molecule has 0 bridgehead atoms. The first-order valence-corrected chi connectivity index (χ1v) is 16.6. The fraction of sp³-hybridized carbons (Fsp3) is 0.353. The van der Waals surface area contributed by atoms with Gasteiger partial charge < -0.3 is 20.2 Å². The molecule has 0 aliphatic heterocycles. The average Bonchev–Trinajstić information content (AvgIpc) is 3.43. The first-order valence-electron chi connectivity index (χ1n) is 15.1. The molecular formula is C34H42N4O6S. The van der Waals surface area contributed by atoms with Gasteiger partial charge in [0, 0.05) is 43.5 Å². The number of sulfonamides is 1. The summed E-state index contributed by atoms with van der Waals surface area (Å²) in [6.45, 7) is 5.01. The van der Waals surface area contributed by atoms with E-state index in [4.69, 9.17) is 4.84 Å². The van der Waals surface area contributed by atoms with Crippen LogP contribution < -0.4 is 10.8 Å². The molecule has 1 amide bonds. The number of amides is 1. The lowest BCUT2D eigenvalue weighted by Gasteiger charge is -2.31. The third-order valence-corrected chi connectivity index (χ3v) is 9.24. The molecule has 0 aliphatic carbocycles. The molecule has 0 fully saturated rings. The van der Waals surface area contributed by atoms with Gasteiger partial charge in [0.05, 0.1) is 22.7 Å². The van der Waals surface area contributed by atoms with Gasteiger partial charge in [-0.1, -0.05) is 62.4 Å². The SMILES string of the molecule is CC(=O)ONc1ccc(S(=O)(=O)N(CC(C)C)C[C@@H](O)[C@H](Cc2ccccc2)NC(=O)CCCc2c[nH]c3ccccc23)cc1. The lowest BCUT2D eigenvalue weighted by atomic mass is 10.00. The predicted molar refractivity (Wildman–Crippen MR) is 175 cm³/mol. The van der Waals surface area contributed by atoms with Crippen molar-refractivity contribution in [2.75, 3.05) is 18.6 Å². The Hall–Kier alpha value is -4.19. The quantitative estimate of drug-likeness (QED) is 0.130. The molecule has 45 heavy (non-hydrogen) atoms. The monoisotopic (exact) mass is 634 g/mol. The molecule has 1 aromatic heterocycles. The number of aryl methyl sites for hydroxylation is 1. The molecular weight excluding hydrogens is 592 g/mol. The Labute approximate surface area is 264 Å². The summed E-state index contributed by atoms with van der Waals surface area (Å²) in [6.07, 6.45) is 2.73. The van der Waals surface area contributed by atoms with Gasteiger partial charge in [0.1, 0.15) is 0 Å². The number of nitrogens with zero attached hydrogens (tertiary/aromatic N) is 1. The molecule has 0 spiro atoms. The second-order valence-electron chi connectivity index (χ2n) is 11.6. The molecule has 10 nitrogen and oxygen atoms in total. The van der Waals surface area contributed by atoms with Gasteiger partial charge in [0.15, 0.2) is 0 Å². The number of aromatic amines is 1. The topological polar surface area (TPSA) is 141 Å². The number of nitrogens with one attached hydrogen (secondary N) is 3. The van der Waals surface area contributed by atoms with Crippen LogP contribution in [-0.2, 0) is 37.3 Å². The van der Waals surface area contributed by atoms with Crippen LogP contribution in [0.25, 0.3) is 10.9 Å². The van der Waals surface area contributed by atoms with Gasteiger partial charge in [-0.2, -0.15) is 4.31 Å². The fourth-order valence-corrected chi connectivity index (χ4v) is 6.82. The molecule has 4 rings (SSSR count). The second kappa shape index (κ2) is 15.7. The summed E-state index contributed by atoms with van der Waals surface area (Å²) in [4.78, 5) is 32.3. The van der Waals surface area contributed by atoms with Crippen LogP contribution in [0.4, 0.5) is 5.69 Å². The number of hydrogen-bond donors (Lipinski definition) is 4. The number of benzene rings is 3. The van der Waals surface area contributed by atoms with Crippen LogP contribution in [0.2, 0.25) is 0 Å². The Balaban J connectivity index is 1.46. The Bertz CT molecular complexity index is 1660. The molecule has 0 aliphatic rings. The van der Waals surface area contributed by atoms with Crippen molar-refractivity contribution in [1.29, 1.82) is 0 Å². The van der Waals surface area contributed by atoms with E-state index in [0.717, 1.165) is 28.5 Å². The van der Waals surface area contributed by atoms with Gasteiger partial charge >= 0.3 is 5.97 Å². The van der Waals surface area contributed by atoms with Crippen LogP contribution in [0.15, 0.2) is 90.0 Å². The molecule has 1 heterocycles. The van der Waals surface area contributed by atoms with Crippen molar-refractivity contribution < 1.29 is 28.0 Å². The molecule has 0 radical (unpaired) electrons. The first kappa shape index (κ1) is 33.7. The summed E-state index contributed by atoms with van der Waals surface area (Å²) in [7, 11) is -4.01. The minimum Gasteiger partial charge on any atom is -0.390 e. The van der Waals surface area contributed by atoms with Crippen LogP contribution in [0.5, 0.6) is 0 Å². The highest BCUT2D eigenvalue weighted by Gasteiger charge is 2.31. The van der Waals surface area contributed by atoms with E-state index in [1.807, 2.05) is 68.6 Å². The van der Waals surface area contributed by atoms with E-state index in [1.54, 1.807) is 0 Å². The van der Waals surface area contributed by atoms with E-state index in [-0.39, 0.29) is 36.2 Å². The molecule has 240 valence electrons. The highest BCUT2D eigenvalue weighted by Crippen LogP contribution is 2.22. The van der Waals surface area contributed by atoms with E-state index >= 15 is 0 Å². The van der Waals surface area contributed by atoms with Crippen molar-refractivity contribution in [3.63, 3.8) is 0 Å². The van der Waals surface area contributed by atoms with Crippen molar-refractivity contribution >= 4 is 38.5 Å². The number of aliphatic hydroxyl groups is 1. The maximum absolute atomic E-state index is 13.8. The summed E-state index contributed by atoms with van der Waals surface area (Å²) >= 11 is 0. The zero-order chi connectivity index (χ0) is 32.4. The summed E-state index contributed by atoms with van der Waals surface area (Å²) < 4.78 is 28.8. The smallest absolute Gasteiger partial charge is 0.329 e. The standard InChI is InChI=1S/C34H42N4O6S/c1-24(2)22-38(45(42,43)29-18-16-28(17-19-29)37-44-25(3)39)23-33(40)32(20-26-10-5-4-6-11-26)36-34(41)15-9-12-27-21-35-31-14-8-7-13-30(27)31/h4-8,10-11,13-14,16-19,21,24,32-33,35,37,40H,9,12,15,20,22-23H2,1-3H3,(H,36,41)/t32-,33+/m0/s1. The second-order valence-corrected chi connectivity index (χ2v) is 13.5. The number of fused-ring (bicyclic) bond motifs is 1. The third kappa shape index (κ3) is 9.65. The van der Waals surface area contributed by atoms with Crippen LogP contribution >= 0.6 is 0 Å². The van der Waals surface area contributed by atoms with Crippen molar-refractivity contribution in [2.45, 2.75) is 63.5 Å². The molecule has 3 aromatic carbocycles. The van der Waals surface area contributed by atoms with Crippen LogP contribution in [0, 0.1) is 5.92 Å². The number of aromatic nitrogens is 1. The number of carbonyl (C=O) groups is 2.